The van der Waals surface area contributed by atoms with Gasteiger partial charge in [0, 0.05) is 99.7 Å². The second-order valence-electron chi connectivity index (χ2n) is 21.9. The maximum atomic E-state index is 17.0. The van der Waals surface area contributed by atoms with Crippen molar-refractivity contribution in [2.24, 2.45) is 16.7 Å². The SMILES string of the molecule is CCn1c(-c2cc(N3CCN(C)CC3)cnc2[C@H](C)OC)c2c3cc(c(F)cc31)-c1csc(n1)C[C@H](NC(=O)[C@H](C(C)C)N1CC[C@]3(CCN(C(=O)[C@H](F)Cl)C3)C1=O)C(=O)N1CCC[C@H](N1)C(=O)OCC(C)(C)C2. The van der Waals surface area contributed by atoms with Gasteiger partial charge in [-0.25, -0.2) is 19.2 Å². The lowest BCUT2D eigenvalue weighted by atomic mass is 9.84. The van der Waals surface area contributed by atoms with Crippen molar-refractivity contribution < 1.29 is 42.2 Å². The van der Waals surface area contributed by atoms with Gasteiger partial charge in [-0.3, -0.25) is 34.0 Å². The molecule has 1 aromatic carbocycles. The molecule has 21 heteroatoms. The molecule has 2 N–H and O–H groups in total. The van der Waals surface area contributed by atoms with Gasteiger partial charge in [0.15, 0.2) is 0 Å². The average Bonchev–Trinajstić information content (AvgIpc) is 4.17. The van der Waals surface area contributed by atoms with Gasteiger partial charge in [-0.05, 0) is 82.7 Å². The van der Waals surface area contributed by atoms with E-state index in [1.807, 2.05) is 53.8 Å². The van der Waals surface area contributed by atoms with E-state index in [9.17, 15) is 28.4 Å². The number of thiazole rings is 1. The van der Waals surface area contributed by atoms with Crippen molar-refractivity contribution in [2.45, 2.75) is 116 Å². The Hall–Kier alpha value is -5.28. The van der Waals surface area contributed by atoms with E-state index in [0.29, 0.717) is 54.9 Å². The molecule has 4 fully saturated rings. The third kappa shape index (κ3) is 10.4. The fourth-order valence-corrected chi connectivity index (χ4v) is 12.6. The molecule has 6 atom stereocenters. The van der Waals surface area contributed by atoms with Crippen LogP contribution in [0.3, 0.4) is 0 Å². The molecule has 6 bridgehead atoms. The van der Waals surface area contributed by atoms with E-state index >= 15 is 4.39 Å². The molecule has 4 aromatic rings. The molecular formula is C53H69ClF2N10O7S. The minimum atomic E-state index is -2.22. The second kappa shape index (κ2) is 21.4. The summed E-state index contributed by atoms with van der Waals surface area (Å²) in [4.78, 5) is 87.7. The minimum absolute atomic E-state index is 0.00643. The standard InChI is InChI=1S/C53H69ClF2N10O7S/c1-9-64-41-23-37(55)34-22-33(41)36(45(64)35-21-32(26-57-43(35)31(4)72-8)62-19-17-61(7)18-20-62)25-52(5,6)29-73-50(70)38-11-10-14-66(60-38)48(68)39(24-42-58-40(34)27-74-42)59-47(67)44(30(2)3)65-16-13-53(51(65)71)12-15-63(28-53)49(69)46(54)56/h21-23,26-27,30-31,38-39,44,46,60H,9-20,24-25,28-29H2,1-8H3,(H,59,67)/t31-,38-,39-,44-,46-,53-/m0/s1. The number of carbonyl (C=O) groups is 5. The molecule has 8 heterocycles. The molecule has 74 heavy (non-hydrogen) atoms. The zero-order valence-electron chi connectivity index (χ0n) is 43.6. The van der Waals surface area contributed by atoms with E-state index in [1.165, 1.54) is 26.1 Å². The molecule has 1 spiro atoms. The Kier molecular flexibility index (Phi) is 15.5. The van der Waals surface area contributed by atoms with Crippen LogP contribution in [-0.2, 0) is 52.8 Å². The number of likely N-dealkylation sites (N-methyl/N-ethyl adjacent to an activating group) is 1. The number of carbonyl (C=O) groups excluding carboxylic acids is 5. The molecule has 4 saturated heterocycles. The average molecular weight is 1060 g/mol. The number of aromatic nitrogens is 3. The Morgan fingerprint density at radius 3 is 2.49 bits per heavy atom. The number of nitrogens with zero attached hydrogens (tertiary/aromatic N) is 8. The van der Waals surface area contributed by atoms with Crippen LogP contribution in [0.1, 0.15) is 89.6 Å². The van der Waals surface area contributed by atoms with Crippen molar-refractivity contribution in [1.29, 1.82) is 0 Å². The van der Waals surface area contributed by atoms with Crippen LogP contribution < -0.4 is 15.6 Å². The molecule has 400 valence electrons. The minimum Gasteiger partial charge on any atom is -0.464 e. The van der Waals surface area contributed by atoms with Crippen LogP contribution in [0.5, 0.6) is 0 Å². The maximum Gasteiger partial charge on any atom is 0.324 e. The van der Waals surface area contributed by atoms with E-state index in [1.54, 1.807) is 18.6 Å². The Bertz CT molecular complexity index is 2820. The first-order valence-electron chi connectivity index (χ1n) is 25.9. The Morgan fingerprint density at radius 2 is 1.78 bits per heavy atom. The number of amides is 4. The van der Waals surface area contributed by atoms with Crippen LogP contribution in [0.25, 0.3) is 33.4 Å². The number of methoxy groups -OCH3 is 1. The molecule has 3 aromatic heterocycles. The lowest BCUT2D eigenvalue weighted by Gasteiger charge is -2.36. The number of halogens is 3. The first-order valence-corrected chi connectivity index (χ1v) is 27.2. The molecule has 4 amide bonds. The number of nitrogens with one attached hydrogen (secondary N) is 2. The summed E-state index contributed by atoms with van der Waals surface area (Å²) >= 11 is 6.72. The quantitative estimate of drug-likeness (QED) is 0.138. The summed E-state index contributed by atoms with van der Waals surface area (Å²) in [7, 11) is 3.78. The van der Waals surface area contributed by atoms with E-state index in [-0.39, 0.29) is 56.8 Å². The summed E-state index contributed by atoms with van der Waals surface area (Å²) < 4.78 is 45.1. The third-order valence-electron chi connectivity index (χ3n) is 15.8. The van der Waals surface area contributed by atoms with Crippen molar-refractivity contribution in [3.63, 3.8) is 0 Å². The maximum absolute atomic E-state index is 17.0. The fourth-order valence-electron chi connectivity index (χ4n) is 11.6. The number of rotatable bonds is 10. The number of likely N-dealkylation sites (tertiary alicyclic amines) is 2. The number of hydrogen-bond acceptors (Lipinski definition) is 13. The predicted molar refractivity (Wildman–Crippen MR) is 278 cm³/mol. The normalized spacial score (nSPS) is 24.2. The summed E-state index contributed by atoms with van der Waals surface area (Å²) in [6, 6.07) is 2.50. The number of fused-ring (bicyclic) bond motifs is 6. The molecular weight excluding hydrogens is 994 g/mol. The van der Waals surface area contributed by atoms with Crippen LogP contribution in [0.2, 0.25) is 0 Å². The van der Waals surface area contributed by atoms with E-state index in [0.717, 1.165) is 59.8 Å². The predicted octanol–water partition coefficient (Wildman–Crippen LogP) is 6.10. The first kappa shape index (κ1) is 53.5. The number of aryl methyl sites for hydroxylation is 1. The van der Waals surface area contributed by atoms with Gasteiger partial charge in [0.05, 0.1) is 57.6 Å². The fraction of sp³-hybridized carbons (Fsp3) is 0.604. The van der Waals surface area contributed by atoms with Gasteiger partial charge in [0.25, 0.3) is 17.4 Å². The third-order valence-corrected chi connectivity index (χ3v) is 16.8. The molecule has 17 nitrogen and oxygen atoms in total. The number of hydrogen-bond donors (Lipinski definition) is 2. The molecule has 0 saturated carbocycles. The van der Waals surface area contributed by atoms with Crippen LogP contribution in [0, 0.1) is 22.6 Å². The zero-order chi connectivity index (χ0) is 53.0. The number of esters is 1. The van der Waals surface area contributed by atoms with E-state index in [4.69, 9.17) is 31.0 Å². The second-order valence-corrected chi connectivity index (χ2v) is 23.2. The van der Waals surface area contributed by atoms with Gasteiger partial charge in [0.1, 0.15) is 23.9 Å². The number of alkyl halides is 2. The molecule has 5 aliphatic rings. The van der Waals surface area contributed by atoms with Crippen molar-refractivity contribution in [2.75, 3.05) is 78.0 Å². The largest absolute Gasteiger partial charge is 0.464 e. The van der Waals surface area contributed by atoms with Crippen molar-refractivity contribution in [3.05, 3.63) is 51.9 Å². The first-order chi connectivity index (χ1) is 35.2. The lowest BCUT2D eigenvalue weighted by molar-refractivity contribution is -0.155. The monoisotopic (exact) mass is 1060 g/mol. The number of piperazine rings is 1. The van der Waals surface area contributed by atoms with Gasteiger partial charge in [-0.1, -0.05) is 39.3 Å². The number of anilines is 1. The van der Waals surface area contributed by atoms with Gasteiger partial charge >= 0.3 is 5.97 Å². The summed E-state index contributed by atoms with van der Waals surface area (Å²) in [6.07, 6.45) is 3.42. The van der Waals surface area contributed by atoms with Crippen LogP contribution >= 0.6 is 22.9 Å². The Balaban J connectivity index is 1.11. The highest BCUT2D eigenvalue weighted by molar-refractivity contribution is 7.10. The molecule has 9 rings (SSSR count). The highest BCUT2D eigenvalue weighted by Crippen LogP contribution is 2.45. The highest BCUT2D eigenvalue weighted by atomic mass is 35.5. The number of benzene rings is 1. The zero-order valence-corrected chi connectivity index (χ0v) is 45.2. The molecule has 0 aliphatic carbocycles. The number of cyclic esters (lactones) is 1. The summed E-state index contributed by atoms with van der Waals surface area (Å²) in [5.41, 5.74) is 4.95. The van der Waals surface area contributed by atoms with Gasteiger partial charge in [-0.2, -0.15) is 0 Å². The lowest BCUT2D eigenvalue weighted by Crippen LogP contribution is -2.62. The summed E-state index contributed by atoms with van der Waals surface area (Å²) in [5.74, 6) is -3.72. The van der Waals surface area contributed by atoms with E-state index in [2.05, 4.69) is 38.2 Å². The smallest absolute Gasteiger partial charge is 0.324 e. The number of ether oxygens (including phenoxy) is 2. The topological polar surface area (TPSA) is 175 Å². The van der Waals surface area contributed by atoms with Crippen molar-refractivity contribution >= 4 is 69.1 Å². The number of pyridine rings is 1. The summed E-state index contributed by atoms with van der Waals surface area (Å²) in [6.45, 7) is 16.3. The van der Waals surface area contributed by atoms with Gasteiger partial charge in [-0.15, -0.1) is 11.3 Å². The van der Waals surface area contributed by atoms with Gasteiger partial charge < -0.3 is 39.0 Å². The molecule has 0 radical (unpaired) electrons. The number of hydrazine groups is 1. The molecule has 0 unspecified atom stereocenters. The van der Waals surface area contributed by atoms with Crippen LogP contribution in [-0.4, -0.2) is 161 Å². The van der Waals surface area contributed by atoms with Crippen molar-refractivity contribution in [3.8, 4) is 22.5 Å². The van der Waals surface area contributed by atoms with Gasteiger partial charge in [0.2, 0.25) is 11.8 Å². The van der Waals surface area contributed by atoms with Crippen molar-refractivity contribution in [1.82, 2.24) is 45.0 Å². The van der Waals surface area contributed by atoms with E-state index < -0.39 is 70.0 Å². The Morgan fingerprint density at radius 1 is 1.04 bits per heavy atom. The summed E-state index contributed by atoms with van der Waals surface area (Å²) in [5, 5.41) is 7.34. The van der Waals surface area contributed by atoms with Crippen LogP contribution in [0.4, 0.5) is 14.5 Å². The Labute approximate surface area is 440 Å². The highest BCUT2D eigenvalue weighted by Gasteiger charge is 2.55. The molecule has 5 aliphatic heterocycles. The van der Waals surface area contributed by atoms with Crippen LogP contribution in [0.15, 0.2) is 29.8 Å².